The Kier molecular flexibility index (Phi) is 3.28. The van der Waals surface area contributed by atoms with Crippen molar-refractivity contribution in [2.45, 2.75) is 23.1 Å². The van der Waals surface area contributed by atoms with Crippen molar-refractivity contribution in [1.82, 2.24) is 5.32 Å². The normalized spacial score (nSPS) is 27.5. The molecule has 1 saturated heterocycles. The van der Waals surface area contributed by atoms with Crippen molar-refractivity contribution in [2.24, 2.45) is 0 Å². The molecule has 2 atom stereocenters. The highest BCUT2D eigenvalue weighted by Gasteiger charge is 2.24. The molecule has 0 aliphatic carbocycles. The topological polar surface area (TPSA) is 50.4 Å². The van der Waals surface area contributed by atoms with E-state index in [4.69, 9.17) is 4.74 Å². The van der Waals surface area contributed by atoms with Crippen molar-refractivity contribution in [3.63, 3.8) is 0 Å². The number of nitrogens with one attached hydrogen (secondary N) is 2. The van der Waals surface area contributed by atoms with Crippen LogP contribution in [0.4, 0.5) is 5.69 Å². The molecule has 0 aromatic heterocycles. The second-order valence-corrected chi connectivity index (χ2v) is 5.97. The zero-order valence-electron chi connectivity index (χ0n) is 10.2. The van der Waals surface area contributed by atoms with E-state index in [-0.39, 0.29) is 17.2 Å². The van der Waals surface area contributed by atoms with Crippen LogP contribution in [0, 0.1) is 0 Å². The van der Waals surface area contributed by atoms with E-state index < -0.39 is 0 Å². The summed E-state index contributed by atoms with van der Waals surface area (Å²) in [5.41, 5.74) is 2.15. The van der Waals surface area contributed by atoms with Gasteiger partial charge in [0.2, 0.25) is 5.91 Å². The van der Waals surface area contributed by atoms with E-state index in [1.165, 1.54) is 5.56 Å². The predicted octanol–water partition coefficient (Wildman–Crippen LogP) is 1.78. The first-order chi connectivity index (χ1) is 8.74. The van der Waals surface area contributed by atoms with E-state index in [9.17, 15) is 4.79 Å². The van der Waals surface area contributed by atoms with Crippen LogP contribution < -0.4 is 10.6 Å². The predicted molar refractivity (Wildman–Crippen MR) is 72.0 cm³/mol. The van der Waals surface area contributed by atoms with Gasteiger partial charge >= 0.3 is 0 Å². The van der Waals surface area contributed by atoms with Crippen molar-refractivity contribution in [3.05, 3.63) is 23.8 Å². The number of rotatable bonds is 1. The molecular weight excluding hydrogens is 248 g/mol. The first kappa shape index (κ1) is 12.0. The van der Waals surface area contributed by atoms with E-state index in [1.807, 2.05) is 13.0 Å². The van der Waals surface area contributed by atoms with Crippen LogP contribution in [-0.2, 0) is 9.53 Å². The second-order valence-electron chi connectivity index (χ2n) is 4.59. The summed E-state index contributed by atoms with van der Waals surface area (Å²) in [6.07, 6.45) is 0. The molecule has 18 heavy (non-hydrogen) atoms. The van der Waals surface area contributed by atoms with E-state index in [0.717, 1.165) is 23.7 Å². The number of anilines is 1. The number of hydrogen-bond acceptors (Lipinski definition) is 4. The maximum Gasteiger partial charge on any atom is 0.237 e. The Bertz CT molecular complexity index is 472. The van der Waals surface area contributed by atoms with Gasteiger partial charge in [0, 0.05) is 11.4 Å². The molecule has 1 fully saturated rings. The number of fused-ring (bicyclic) bond motifs is 1. The van der Waals surface area contributed by atoms with Gasteiger partial charge in [-0.2, -0.15) is 0 Å². The molecule has 2 unspecified atom stereocenters. The van der Waals surface area contributed by atoms with Crippen molar-refractivity contribution < 1.29 is 9.53 Å². The minimum absolute atomic E-state index is 0.0247. The summed E-state index contributed by atoms with van der Waals surface area (Å²) in [6, 6.07) is 6.46. The molecule has 2 N–H and O–H groups in total. The van der Waals surface area contributed by atoms with Gasteiger partial charge in [0.1, 0.15) is 0 Å². The van der Waals surface area contributed by atoms with Crippen LogP contribution in [0.3, 0.4) is 0 Å². The summed E-state index contributed by atoms with van der Waals surface area (Å²) in [7, 11) is 0. The highest BCUT2D eigenvalue weighted by atomic mass is 32.2. The molecule has 2 aliphatic heterocycles. The standard InChI is InChI=1S/C13H16N2O2S/c1-8-13(16)15-10-3-2-9(6-12(10)18-8)11-7-17-5-4-14-11/h2-3,6,8,11,14H,4-5,7H2,1H3,(H,15,16). The number of hydrogen-bond donors (Lipinski definition) is 2. The van der Waals surface area contributed by atoms with Gasteiger partial charge in [-0.3, -0.25) is 4.79 Å². The molecule has 1 aromatic rings. The second kappa shape index (κ2) is 4.91. The molecule has 1 aromatic carbocycles. The molecule has 0 bridgehead atoms. The van der Waals surface area contributed by atoms with Crippen LogP contribution >= 0.6 is 11.8 Å². The maximum absolute atomic E-state index is 11.6. The monoisotopic (exact) mass is 264 g/mol. The number of carbonyl (C=O) groups is 1. The van der Waals surface area contributed by atoms with Crippen molar-refractivity contribution in [3.8, 4) is 0 Å². The Labute approximate surface area is 110 Å². The van der Waals surface area contributed by atoms with Crippen LogP contribution in [0.2, 0.25) is 0 Å². The molecule has 1 amide bonds. The van der Waals surface area contributed by atoms with Crippen LogP contribution in [0.1, 0.15) is 18.5 Å². The SMILES string of the molecule is CC1Sc2cc(C3COCCN3)ccc2NC1=O. The third kappa shape index (κ3) is 2.25. The summed E-state index contributed by atoms with van der Waals surface area (Å²) in [4.78, 5) is 12.7. The summed E-state index contributed by atoms with van der Waals surface area (Å²) >= 11 is 1.62. The fraction of sp³-hybridized carbons (Fsp3) is 0.462. The van der Waals surface area contributed by atoms with Gasteiger partial charge in [0.15, 0.2) is 0 Å². The number of amides is 1. The summed E-state index contributed by atoms with van der Waals surface area (Å²) in [5.74, 6) is 0.0828. The van der Waals surface area contributed by atoms with E-state index >= 15 is 0 Å². The van der Waals surface area contributed by atoms with E-state index in [2.05, 4.69) is 22.8 Å². The Morgan fingerprint density at radius 2 is 2.33 bits per heavy atom. The van der Waals surface area contributed by atoms with Gasteiger partial charge < -0.3 is 15.4 Å². The van der Waals surface area contributed by atoms with Gasteiger partial charge in [0.05, 0.1) is 30.2 Å². The number of benzene rings is 1. The van der Waals surface area contributed by atoms with Gasteiger partial charge in [-0.05, 0) is 24.6 Å². The lowest BCUT2D eigenvalue weighted by atomic mass is 10.1. The number of carbonyl (C=O) groups excluding carboxylic acids is 1. The molecular formula is C13H16N2O2S. The lowest BCUT2D eigenvalue weighted by molar-refractivity contribution is -0.115. The largest absolute Gasteiger partial charge is 0.378 e. The summed E-state index contributed by atoms with van der Waals surface area (Å²) in [6.45, 7) is 4.31. The molecule has 3 rings (SSSR count). The first-order valence-corrected chi connectivity index (χ1v) is 7.04. The molecule has 2 aliphatic rings. The van der Waals surface area contributed by atoms with Gasteiger partial charge in [-0.15, -0.1) is 11.8 Å². The van der Waals surface area contributed by atoms with Crippen molar-refractivity contribution in [2.75, 3.05) is 25.1 Å². The smallest absolute Gasteiger partial charge is 0.237 e. The Morgan fingerprint density at radius 3 is 3.11 bits per heavy atom. The minimum atomic E-state index is -0.0247. The first-order valence-electron chi connectivity index (χ1n) is 6.16. The average molecular weight is 264 g/mol. The zero-order chi connectivity index (χ0) is 12.5. The third-order valence-electron chi connectivity index (χ3n) is 3.26. The fourth-order valence-electron chi connectivity index (χ4n) is 2.21. The molecule has 0 spiro atoms. The van der Waals surface area contributed by atoms with Crippen LogP contribution in [0.5, 0.6) is 0 Å². The van der Waals surface area contributed by atoms with Crippen LogP contribution in [0.15, 0.2) is 23.1 Å². The van der Waals surface area contributed by atoms with Crippen molar-refractivity contribution in [1.29, 1.82) is 0 Å². The summed E-state index contributed by atoms with van der Waals surface area (Å²) < 4.78 is 5.48. The zero-order valence-corrected chi connectivity index (χ0v) is 11.0. The quantitative estimate of drug-likeness (QED) is 0.812. The average Bonchev–Trinajstić information content (AvgIpc) is 2.41. The molecule has 4 nitrogen and oxygen atoms in total. The van der Waals surface area contributed by atoms with Gasteiger partial charge in [-0.25, -0.2) is 0 Å². The lowest BCUT2D eigenvalue weighted by Crippen LogP contribution is -2.34. The van der Waals surface area contributed by atoms with Crippen LogP contribution in [-0.4, -0.2) is 30.9 Å². The summed E-state index contributed by atoms with van der Waals surface area (Å²) in [5, 5.41) is 6.34. The molecule has 5 heteroatoms. The number of ether oxygens (including phenoxy) is 1. The van der Waals surface area contributed by atoms with Gasteiger partial charge in [-0.1, -0.05) is 6.07 Å². The van der Waals surface area contributed by atoms with E-state index in [0.29, 0.717) is 6.61 Å². The highest BCUT2D eigenvalue weighted by molar-refractivity contribution is 8.00. The minimum Gasteiger partial charge on any atom is -0.378 e. The Hall–Kier alpha value is -1.04. The molecule has 2 heterocycles. The Balaban J connectivity index is 1.86. The maximum atomic E-state index is 11.6. The molecule has 0 radical (unpaired) electrons. The van der Waals surface area contributed by atoms with Crippen molar-refractivity contribution >= 4 is 23.4 Å². The van der Waals surface area contributed by atoms with E-state index in [1.54, 1.807) is 11.8 Å². The number of morpholine rings is 1. The molecule has 96 valence electrons. The third-order valence-corrected chi connectivity index (χ3v) is 4.42. The van der Waals surface area contributed by atoms with Gasteiger partial charge in [0.25, 0.3) is 0 Å². The highest BCUT2D eigenvalue weighted by Crippen LogP contribution is 2.37. The van der Waals surface area contributed by atoms with Crippen LogP contribution in [0.25, 0.3) is 0 Å². The Morgan fingerprint density at radius 1 is 1.44 bits per heavy atom. The number of thioether (sulfide) groups is 1. The molecule has 0 saturated carbocycles. The lowest BCUT2D eigenvalue weighted by Gasteiger charge is -2.27. The fourth-order valence-corrected chi connectivity index (χ4v) is 3.21.